The predicted octanol–water partition coefficient (Wildman–Crippen LogP) is 1.54. The van der Waals surface area contributed by atoms with Crippen molar-refractivity contribution in [1.82, 2.24) is 19.7 Å². The second-order valence-electron chi connectivity index (χ2n) is 3.89. The first-order valence-electron chi connectivity index (χ1n) is 5.66. The molecule has 0 unspecified atom stereocenters. The molecule has 0 aliphatic rings. The second-order valence-corrected chi connectivity index (χ2v) is 4.85. The third-order valence-corrected chi connectivity index (χ3v) is 3.35. The lowest BCUT2D eigenvalue weighted by molar-refractivity contribution is -0.137. The summed E-state index contributed by atoms with van der Waals surface area (Å²) < 4.78 is 6.34. The third kappa shape index (κ3) is 3.11. The van der Waals surface area contributed by atoms with E-state index in [1.165, 1.54) is 18.9 Å². The van der Waals surface area contributed by atoms with Gasteiger partial charge in [0.2, 0.25) is 0 Å². The Bertz CT molecular complexity index is 597. The predicted molar refractivity (Wildman–Crippen MR) is 71.4 cm³/mol. The normalized spacial score (nSPS) is 10.5. The summed E-state index contributed by atoms with van der Waals surface area (Å²) in [5, 5.41) is 5.02. The molecular formula is C12H14N4O2S. The number of thioether (sulfide) groups is 1. The molecule has 100 valence electrons. The average molecular weight is 278 g/mol. The van der Waals surface area contributed by atoms with Crippen LogP contribution in [0.2, 0.25) is 0 Å². The summed E-state index contributed by atoms with van der Waals surface area (Å²) in [7, 11) is 1.36. The number of methoxy groups -OCH3 is 1. The van der Waals surface area contributed by atoms with Crippen LogP contribution < -0.4 is 0 Å². The molecule has 19 heavy (non-hydrogen) atoms. The van der Waals surface area contributed by atoms with Crippen molar-refractivity contribution in [3.05, 3.63) is 29.8 Å². The van der Waals surface area contributed by atoms with Crippen LogP contribution in [0.1, 0.15) is 11.4 Å². The van der Waals surface area contributed by atoms with E-state index < -0.39 is 0 Å². The van der Waals surface area contributed by atoms with Crippen LogP contribution in [0.25, 0.3) is 5.82 Å². The lowest BCUT2D eigenvalue weighted by Crippen LogP contribution is -2.08. The van der Waals surface area contributed by atoms with Gasteiger partial charge in [-0.25, -0.2) is 14.6 Å². The molecule has 0 amide bonds. The Morgan fingerprint density at radius 1 is 1.37 bits per heavy atom. The topological polar surface area (TPSA) is 69.9 Å². The van der Waals surface area contributed by atoms with E-state index >= 15 is 0 Å². The van der Waals surface area contributed by atoms with Crippen LogP contribution in [0.4, 0.5) is 0 Å². The van der Waals surface area contributed by atoms with E-state index in [-0.39, 0.29) is 11.7 Å². The minimum atomic E-state index is -0.296. The second kappa shape index (κ2) is 5.83. The summed E-state index contributed by atoms with van der Waals surface area (Å²) in [5.74, 6) is 0.526. The number of hydrogen-bond donors (Lipinski definition) is 0. The molecule has 0 aliphatic heterocycles. The highest BCUT2D eigenvalue weighted by Gasteiger charge is 2.13. The molecule has 0 aromatic carbocycles. The Morgan fingerprint density at radius 2 is 2.11 bits per heavy atom. The van der Waals surface area contributed by atoms with E-state index in [9.17, 15) is 4.79 Å². The zero-order valence-corrected chi connectivity index (χ0v) is 11.8. The summed E-state index contributed by atoms with van der Waals surface area (Å²) in [6, 6.07) is 1.96. The van der Waals surface area contributed by atoms with Gasteiger partial charge >= 0.3 is 5.97 Å². The van der Waals surface area contributed by atoms with Crippen LogP contribution in [0.15, 0.2) is 23.5 Å². The van der Waals surface area contributed by atoms with Crippen molar-refractivity contribution in [1.29, 1.82) is 0 Å². The van der Waals surface area contributed by atoms with Crippen molar-refractivity contribution in [3.8, 4) is 5.82 Å². The van der Waals surface area contributed by atoms with Crippen LogP contribution in [0.5, 0.6) is 0 Å². The van der Waals surface area contributed by atoms with Gasteiger partial charge in [-0.3, -0.25) is 4.79 Å². The lowest BCUT2D eigenvalue weighted by Gasteiger charge is -2.07. The molecular weight excluding hydrogens is 264 g/mol. The molecule has 0 bridgehead atoms. The molecule has 0 aliphatic carbocycles. The molecule has 2 aromatic rings. The van der Waals surface area contributed by atoms with Gasteiger partial charge in [-0.2, -0.15) is 5.10 Å². The highest BCUT2D eigenvalue weighted by Crippen LogP contribution is 2.22. The Kier molecular flexibility index (Phi) is 4.16. The quantitative estimate of drug-likeness (QED) is 0.624. The van der Waals surface area contributed by atoms with Crippen molar-refractivity contribution < 1.29 is 9.53 Å². The van der Waals surface area contributed by atoms with Crippen LogP contribution in [0, 0.1) is 13.8 Å². The summed E-state index contributed by atoms with van der Waals surface area (Å²) in [6.07, 6.45) is 3.20. The fourth-order valence-corrected chi connectivity index (χ4v) is 2.37. The zero-order valence-electron chi connectivity index (χ0n) is 11.0. The van der Waals surface area contributed by atoms with Gasteiger partial charge in [0, 0.05) is 18.1 Å². The van der Waals surface area contributed by atoms with Crippen molar-refractivity contribution in [3.63, 3.8) is 0 Å². The van der Waals surface area contributed by atoms with Crippen molar-refractivity contribution in [2.75, 3.05) is 12.9 Å². The number of carbonyl (C=O) groups excluding carboxylic acids is 1. The molecule has 0 spiro atoms. The fourth-order valence-electron chi connectivity index (χ4n) is 1.59. The molecule has 2 heterocycles. The Morgan fingerprint density at radius 3 is 2.74 bits per heavy atom. The minimum Gasteiger partial charge on any atom is -0.468 e. The van der Waals surface area contributed by atoms with Crippen LogP contribution in [0.3, 0.4) is 0 Å². The number of esters is 1. The standard InChI is InChI=1S/C12H14N4O2S/c1-8-6-9(2)16(15-8)11-12(14-5-4-13-11)19-7-10(17)18-3/h4-6H,7H2,1-3H3. The van der Waals surface area contributed by atoms with Gasteiger partial charge < -0.3 is 4.74 Å². The Hall–Kier alpha value is -1.89. The molecule has 6 nitrogen and oxygen atoms in total. The Balaban J connectivity index is 2.31. The first-order chi connectivity index (χ1) is 9.11. The van der Waals surface area contributed by atoms with Crippen molar-refractivity contribution in [2.45, 2.75) is 18.9 Å². The highest BCUT2D eigenvalue weighted by atomic mass is 32.2. The molecule has 0 atom stereocenters. The van der Waals surface area contributed by atoms with E-state index in [2.05, 4.69) is 19.8 Å². The summed E-state index contributed by atoms with van der Waals surface area (Å²) in [4.78, 5) is 19.7. The van der Waals surface area contributed by atoms with E-state index in [0.717, 1.165) is 11.4 Å². The SMILES string of the molecule is COC(=O)CSc1nccnc1-n1nc(C)cc1C. The van der Waals surface area contributed by atoms with E-state index in [1.807, 2.05) is 19.9 Å². The van der Waals surface area contributed by atoms with E-state index in [0.29, 0.717) is 10.8 Å². The smallest absolute Gasteiger partial charge is 0.316 e. The minimum absolute atomic E-state index is 0.196. The number of carbonyl (C=O) groups is 1. The number of nitrogens with zero attached hydrogens (tertiary/aromatic N) is 4. The number of ether oxygens (including phenoxy) is 1. The molecule has 0 saturated carbocycles. The molecule has 0 radical (unpaired) electrons. The lowest BCUT2D eigenvalue weighted by atomic mass is 10.4. The number of hydrogen-bond acceptors (Lipinski definition) is 6. The molecule has 0 saturated heterocycles. The zero-order chi connectivity index (χ0) is 13.8. The molecule has 2 rings (SSSR count). The van der Waals surface area contributed by atoms with Crippen molar-refractivity contribution in [2.24, 2.45) is 0 Å². The molecule has 7 heteroatoms. The number of aryl methyl sites for hydroxylation is 2. The van der Waals surface area contributed by atoms with Gasteiger partial charge in [-0.15, -0.1) is 0 Å². The monoisotopic (exact) mass is 278 g/mol. The summed E-state index contributed by atoms with van der Waals surface area (Å²) >= 11 is 1.28. The first kappa shape index (κ1) is 13.5. The Labute approximate surface area is 115 Å². The molecule has 2 aromatic heterocycles. The van der Waals surface area contributed by atoms with Gasteiger partial charge in [0.05, 0.1) is 18.6 Å². The van der Waals surface area contributed by atoms with Gasteiger partial charge in [0.1, 0.15) is 5.03 Å². The van der Waals surface area contributed by atoms with Gasteiger partial charge in [0.15, 0.2) is 5.82 Å². The molecule has 0 N–H and O–H groups in total. The maximum absolute atomic E-state index is 11.2. The van der Waals surface area contributed by atoms with E-state index in [4.69, 9.17) is 0 Å². The number of rotatable bonds is 4. The van der Waals surface area contributed by atoms with Crippen LogP contribution >= 0.6 is 11.8 Å². The first-order valence-corrected chi connectivity index (χ1v) is 6.64. The van der Waals surface area contributed by atoms with Crippen LogP contribution in [-0.2, 0) is 9.53 Å². The van der Waals surface area contributed by atoms with Gasteiger partial charge in [-0.1, -0.05) is 11.8 Å². The average Bonchev–Trinajstić information content (AvgIpc) is 2.75. The summed E-state index contributed by atoms with van der Waals surface area (Å²) in [5.41, 5.74) is 1.88. The largest absolute Gasteiger partial charge is 0.468 e. The maximum Gasteiger partial charge on any atom is 0.316 e. The van der Waals surface area contributed by atoms with E-state index in [1.54, 1.807) is 17.1 Å². The third-order valence-electron chi connectivity index (χ3n) is 2.41. The summed E-state index contributed by atoms with van der Waals surface area (Å²) in [6.45, 7) is 3.87. The maximum atomic E-state index is 11.2. The highest BCUT2D eigenvalue weighted by molar-refractivity contribution is 8.00. The van der Waals surface area contributed by atoms with Gasteiger partial charge in [0.25, 0.3) is 0 Å². The number of aromatic nitrogens is 4. The van der Waals surface area contributed by atoms with Gasteiger partial charge in [-0.05, 0) is 19.9 Å². The van der Waals surface area contributed by atoms with Crippen molar-refractivity contribution >= 4 is 17.7 Å². The fraction of sp³-hybridized carbons (Fsp3) is 0.333. The molecule has 0 fully saturated rings. The van der Waals surface area contributed by atoms with Crippen LogP contribution in [-0.4, -0.2) is 38.6 Å².